The maximum Gasteiger partial charge on any atom is 0.221 e. The van der Waals surface area contributed by atoms with E-state index in [9.17, 15) is 4.79 Å². The van der Waals surface area contributed by atoms with Crippen molar-refractivity contribution in [1.82, 2.24) is 0 Å². The lowest BCUT2D eigenvalue weighted by Gasteiger charge is -2.09. The van der Waals surface area contributed by atoms with Crippen LogP contribution in [0.4, 0.5) is 17.1 Å². The molecule has 0 bridgehead atoms. The fraction of sp³-hybridized carbons (Fsp3) is 0.0667. The van der Waals surface area contributed by atoms with Crippen LogP contribution >= 0.6 is 11.6 Å². The SMILES string of the molecule is CC(=O)Nc1ccc(Nc2cc(Cl)ccc2C#N)cc1. The van der Waals surface area contributed by atoms with Crippen molar-refractivity contribution >= 4 is 34.6 Å². The van der Waals surface area contributed by atoms with E-state index < -0.39 is 0 Å². The number of anilines is 3. The molecule has 0 atom stereocenters. The molecule has 0 aliphatic rings. The molecule has 0 radical (unpaired) electrons. The highest BCUT2D eigenvalue weighted by Gasteiger charge is 2.04. The average Bonchev–Trinajstić information content (AvgIpc) is 2.41. The van der Waals surface area contributed by atoms with Crippen LogP contribution in [0.2, 0.25) is 5.02 Å². The largest absolute Gasteiger partial charge is 0.354 e. The first-order chi connectivity index (χ1) is 9.58. The summed E-state index contributed by atoms with van der Waals surface area (Å²) in [6, 6.07) is 14.3. The van der Waals surface area contributed by atoms with Gasteiger partial charge in [-0.2, -0.15) is 5.26 Å². The van der Waals surface area contributed by atoms with E-state index >= 15 is 0 Å². The van der Waals surface area contributed by atoms with Gasteiger partial charge < -0.3 is 10.6 Å². The van der Waals surface area contributed by atoms with Crippen molar-refractivity contribution in [1.29, 1.82) is 5.26 Å². The predicted molar refractivity (Wildman–Crippen MR) is 80.2 cm³/mol. The number of carbonyl (C=O) groups is 1. The maximum absolute atomic E-state index is 10.9. The van der Waals surface area contributed by atoms with Gasteiger partial charge in [0.25, 0.3) is 0 Å². The minimum absolute atomic E-state index is 0.118. The number of rotatable bonds is 3. The fourth-order valence-corrected chi connectivity index (χ4v) is 1.89. The number of nitrogens with zero attached hydrogens (tertiary/aromatic N) is 1. The molecule has 2 rings (SSSR count). The highest BCUT2D eigenvalue weighted by atomic mass is 35.5. The van der Waals surface area contributed by atoms with Crippen LogP contribution in [0.25, 0.3) is 0 Å². The zero-order chi connectivity index (χ0) is 14.5. The molecule has 1 amide bonds. The van der Waals surface area contributed by atoms with Gasteiger partial charge in [-0.05, 0) is 42.5 Å². The number of hydrogen-bond acceptors (Lipinski definition) is 3. The minimum Gasteiger partial charge on any atom is -0.354 e. The maximum atomic E-state index is 10.9. The monoisotopic (exact) mass is 285 g/mol. The van der Waals surface area contributed by atoms with E-state index in [4.69, 9.17) is 16.9 Å². The third kappa shape index (κ3) is 3.50. The summed E-state index contributed by atoms with van der Waals surface area (Å²) in [5, 5.41) is 15.4. The lowest BCUT2D eigenvalue weighted by Crippen LogP contribution is -2.05. The van der Waals surface area contributed by atoms with Gasteiger partial charge in [0.2, 0.25) is 5.91 Å². The van der Waals surface area contributed by atoms with Gasteiger partial charge in [0.15, 0.2) is 0 Å². The summed E-state index contributed by atoms with van der Waals surface area (Å²) in [4.78, 5) is 10.9. The lowest BCUT2D eigenvalue weighted by molar-refractivity contribution is -0.114. The van der Waals surface area contributed by atoms with Gasteiger partial charge in [0.1, 0.15) is 6.07 Å². The van der Waals surface area contributed by atoms with Crippen molar-refractivity contribution in [2.24, 2.45) is 0 Å². The molecule has 4 nitrogen and oxygen atoms in total. The number of benzene rings is 2. The third-order valence-electron chi connectivity index (χ3n) is 2.59. The highest BCUT2D eigenvalue weighted by molar-refractivity contribution is 6.30. The summed E-state index contributed by atoms with van der Waals surface area (Å²) in [5.41, 5.74) is 2.68. The Kier molecular flexibility index (Phi) is 4.24. The molecule has 20 heavy (non-hydrogen) atoms. The van der Waals surface area contributed by atoms with E-state index in [0.717, 1.165) is 11.4 Å². The Labute approximate surface area is 122 Å². The van der Waals surface area contributed by atoms with Crippen molar-refractivity contribution < 1.29 is 4.79 Å². The number of hydrogen-bond donors (Lipinski definition) is 2. The van der Waals surface area contributed by atoms with E-state index in [1.807, 2.05) is 12.1 Å². The van der Waals surface area contributed by atoms with E-state index in [1.165, 1.54) is 6.92 Å². The van der Waals surface area contributed by atoms with Crippen LogP contribution in [-0.2, 0) is 4.79 Å². The molecular formula is C15H12ClN3O. The molecule has 2 aromatic rings. The summed E-state index contributed by atoms with van der Waals surface area (Å²) in [5.74, 6) is -0.118. The summed E-state index contributed by atoms with van der Waals surface area (Å²) in [6.07, 6.45) is 0. The second kappa shape index (κ2) is 6.09. The molecule has 100 valence electrons. The lowest BCUT2D eigenvalue weighted by atomic mass is 10.2. The smallest absolute Gasteiger partial charge is 0.221 e. The van der Waals surface area contributed by atoms with Gasteiger partial charge in [-0.25, -0.2) is 0 Å². The van der Waals surface area contributed by atoms with Gasteiger partial charge in [-0.3, -0.25) is 4.79 Å². The van der Waals surface area contributed by atoms with Gasteiger partial charge in [-0.1, -0.05) is 11.6 Å². The average molecular weight is 286 g/mol. The second-order valence-electron chi connectivity index (χ2n) is 4.19. The molecule has 2 N–H and O–H groups in total. The molecule has 0 unspecified atom stereocenters. The minimum atomic E-state index is -0.118. The molecule has 0 aromatic heterocycles. The molecule has 0 fully saturated rings. The quantitative estimate of drug-likeness (QED) is 0.898. The molecule has 2 aromatic carbocycles. The van der Waals surface area contributed by atoms with Crippen molar-refractivity contribution in [2.45, 2.75) is 6.92 Å². The molecule has 5 heteroatoms. The van der Waals surface area contributed by atoms with Crippen molar-refractivity contribution in [2.75, 3.05) is 10.6 Å². The number of halogens is 1. The molecule has 0 aliphatic heterocycles. The van der Waals surface area contributed by atoms with Crippen LogP contribution in [-0.4, -0.2) is 5.91 Å². The molecular weight excluding hydrogens is 274 g/mol. The first-order valence-corrected chi connectivity index (χ1v) is 6.30. The number of nitrogens with one attached hydrogen (secondary N) is 2. The topological polar surface area (TPSA) is 64.9 Å². The first kappa shape index (κ1) is 13.9. The summed E-state index contributed by atoms with van der Waals surface area (Å²) in [6.45, 7) is 1.46. The zero-order valence-electron chi connectivity index (χ0n) is 10.8. The summed E-state index contributed by atoms with van der Waals surface area (Å²) < 4.78 is 0. The second-order valence-corrected chi connectivity index (χ2v) is 4.62. The Morgan fingerprint density at radius 2 is 1.80 bits per heavy atom. The van der Waals surface area contributed by atoms with Gasteiger partial charge in [-0.15, -0.1) is 0 Å². The Bertz CT molecular complexity index is 675. The molecule has 0 aliphatic carbocycles. The zero-order valence-corrected chi connectivity index (χ0v) is 11.5. The first-order valence-electron chi connectivity index (χ1n) is 5.93. The normalized spacial score (nSPS) is 9.65. The van der Waals surface area contributed by atoms with Crippen LogP contribution in [0.3, 0.4) is 0 Å². The fourth-order valence-electron chi connectivity index (χ4n) is 1.71. The van der Waals surface area contributed by atoms with Gasteiger partial charge >= 0.3 is 0 Å². The molecule has 0 heterocycles. The predicted octanol–water partition coefficient (Wildman–Crippen LogP) is 3.91. The van der Waals surface area contributed by atoms with Crippen LogP contribution in [0.15, 0.2) is 42.5 Å². The van der Waals surface area contributed by atoms with E-state index in [0.29, 0.717) is 16.3 Å². The van der Waals surface area contributed by atoms with Crippen molar-refractivity contribution in [3.8, 4) is 6.07 Å². The number of amides is 1. The Morgan fingerprint density at radius 1 is 1.15 bits per heavy atom. The van der Waals surface area contributed by atoms with Crippen molar-refractivity contribution in [3.05, 3.63) is 53.1 Å². The Hall–Kier alpha value is -2.51. The summed E-state index contributed by atoms with van der Waals surface area (Å²) >= 11 is 5.93. The molecule has 0 spiro atoms. The number of nitriles is 1. The van der Waals surface area contributed by atoms with Crippen LogP contribution in [0.5, 0.6) is 0 Å². The third-order valence-corrected chi connectivity index (χ3v) is 2.82. The standard InChI is InChI=1S/C15H12ClN3O/c1-10(20)18-13-4-6-14(7-5-13)19-15-8-12(16)3-2-11(15)9-17/h2-8,19H,1H3,(H,18,20). The van der Waals surface area contributed by atoms with Crippen LogP contribution in [0, 0.1) is 11.3 Å². The van der Waals surface area contributed by atoms with Gasteiger partial charge in [0, 0.05) is 23.3 Å². The summed E-state index contributed by atoms with van der Waals surface area (Å²) in [7, 11) is 0. The highest BCUT2D eigenvalue weighted by Crippen LogP contribution is 2.25. The molecule has 0 saturated carbocycles. The van der Waals surface area contributed by atoms with E-state index in [1.54, 1.807) is 30.3 Å². The van der Waals surface area contributed by atoms with Gasteiger partial charge in [0.05, 0.1) is 11.3 Å². The Balaban J connectivity index is 2.20. The van der Waals surface area contributed by atoms with Crippen molar-refractivity contribution in [3.63, 3.8) is 0 Å². The Morgan fingerprint density at radius 3 is 2.40 bits per heavy atom. The number of carbonyl (C=O) groups excluding carboxylic acids is 1. The van der Waals surface area contributed by atoms with Crippen LogP contribution < -0.4 is 10.6 Å². The van der Waals surface area contributed by atoms with E-state index in [-0.39, 0.29) is 5.91 Å². The molecule has 0 saturated heterocycles. The van der Waals surface area contributed by atoms with E-state index in [2.05, 4.69) is 16.7 Å². The van der Waals surface area contributed by atoms with Crippen LogP contribution in [0.1, 0.15) is 12.5 Å².